The summed E-state index contributed by atoms with van der Waals surface area (Å²) in [6.07, 6.45) is 1.51. The van der Waals surface area contributed by atoms with Crippen LogP contribution in [-0.2, 0) is 10.0 Å². The third kappa shape index (κ3) is 3.79. The van der Waals surface area contributed by atoms with E-state index in [4.69, 9.17) is 5.73 Å². The van der Waals surface area contributed by atoms with Gasteiger partial charge in [0.2, 0.25) is 10.0 Å². The topological polar surface area (TPSA) is 72.2 Å². The van der Waals surface area contributed by atoms with E-state index < -0.39 is 10.0 Å². The van der Waals surface area contributed by atoms with E-state index in [2.05, 4.69) is 4.72 Å². The van der Waals surface area contributed by atoms with Crippen LogP contribution in [0.3, 0.4) is 0 Å². The number of hydrogen-bond acceptors (Lipinski definition) is 3. The van der Waals surface area contributed by atoms with Gasteiger partial charge < -0.3 is 5.73 Å². The van der Waals surface area contributed by atoms with E-state index in [1.165, 1.54) is 0 Å². The van der Waals surface area contributed by atoms with Gasteiger partial charge in [0.15, 0.2) is 0 Å². The zero-order valence-corrected chi connectivity index (χ0v) is 9.55. The highest BCUT2D eigenvalue weighted by atomic mass is 32.2. The summed E-state index contributed by atoms with van der Waals surface area (Å²) in [5.41, 5.74) is 6.52. The molecule has 15 heavy (non-hydrogen) atoms. The number of anilines is 2. The average molecular weight is 228 g/mol. The van der Waals surface area contributed by atoms with Crippen LogP contribution in [0.25, 0.3) is 0 Å². The first-order valence-electron chi connectivity index (χ1n) is 4.90. The van der Waals surface area contributed by atoms with Gasteiger partial charge in [-0.25, -0.2) is 8.42 Å². The molecule has 0 aliphatic rings. The fraction of sp³-hybridized carbons (Fsp3) is 0.400. The molecule has 0 spiro atoms. The van der Waals surface area contributed by atoms with Gasteiger partial charge in [0.25, 0.3) is 0 Å². The van der Waals surface area contributed by atoms with Gasteiger partial charge in [-0.05, 0) is 18.6 Å². The standard InChI is InChI=1S/C10H16N2O2S/c1-2-3-8-15(13,14)12-10-7-5-4-6-9(10)11/h4-7,12H,2-3,8,11H2,1H3. The fourth-order valence-corrected chi connectivity index (χ4v) is 2.43. The van der Waals surface area contributed by atoms with Crippen molar-refractivity contribution in [1.82, 2.24) is 0 Å². The smallest absolute Gasteiger partial charge is 0.232 e. The monoisotopic (exact) mass is 228 g/mol. The van der Waals surface area contributed by atoms with Gasteiger partial charge in [-0.15, -0.1) is 0 Å². The third-order valence-electron chi connectivity index (χ3n) is 1.99. The van der Waals surface area contributed by atoms with Crippen molar-refractivity contribution < 1.29 is 8.42 Å². The van der Waals surface area contributed by atoms with E-state index in [0.29, 0.717) is 17.8 Å². The molecule has 0 aliphatic heterocycles. The summed E-state index contributed by atoms with van der Waals surface area (Å²) < 4.78 is 25.6. The van der Waals surface area contributed by atoms with Crippen molar-refractivity contribution in [3.8, 4) is 0 Å². The molecule has 1 rings (SSSR count). The molecule has 0 aliphatic carbocycles. The van der Waals surface area contributed by atoms with E-state index in [-0.39, 0.29) is 5.75 Å². The lowest BCUT2D eigenvalue weighted by Crippen LogP contribution is -2.17. The van der Waals surface area contributed by atoms with Gasteiger partial charge in [0.05, 0.1) is 17.1 Å². The van der Waals surface area contributed by atoms with Gasteiger partial charge in [-0.3, -0.25) is 4.72 Å². The maximum atomic E-state index is 11.5. The molecule has 4 nitrogen and oxygen atoms in total. The van der Waals surface area contributed by atoms with Gasteiger partial charge in [-0.2, -0.15) is 0 Å². The highest BCUT2D eigenvalue weighted by Gasteiger charge is 2.10. The number of nitrogens with two attached hydrogens (primary N) is 1. The maximum absolute atomic E-state index is 11.5. The Morgan fingerprint density at radius 1 is 1.33 bits per heavy atom. The molecular formula is C10H16N2O2S. The highest BCUT2D eigenvalue weighted by Crippen LogP contribution is 2.18. The van der Waals surface area contributed by atoms with Crippen molar-refractivity contribution in [3.05, 3.63) is 24.3 Å². The second-order valence-electron chi connectivity index (χ2n) is 3.36. The van der Waals surface area contributed by atoms with Crippen molar-refractivity contribution >= 4 is 21.4 Å². The predicted molar refractivity (Wildman–Crippen MR) is 63.2 cm³/mol. The third-order valence-corrected chi connectivity index (χ3v) is 3.35. The number of rotatable bonds is 5. The van der Waals surface area contributed by atoms with Crippen LogP contribution in [0.2, 0.25) is 0 Å². The molecule has 0 heterocycles. The summed E-state index contributed by atoms with van der Waals surface area (Å²) in [4.78, 5) is 0. The van der Waals surface area contributed by atoms with Crippen LogP contribution in [0.5, 0.6) is 0 Å². The Hall–Kier alpha value is -1.23. The van der Waals surface area contributed by atoms with Crippen LogP contribution in [0.15, 0.2) is 24.3 Å². The van der Waals surface area contributed by atoms with Crippen molar-refractivity contribution in [2.45, 2.75) is 19.8 Å². The minimum absolute atomic E-state index is 0.137. The lowest BCUT2D eigenvalue weighted by Gasteiger charge is -2.09. The Morgan fingerprint density at radius 2 is 2.00 bits per heavy atom. The molecule has 0 fully saturated rings. The average Bonchev–Trinajstić information content (AvgIpc) is 2.18. The van der Waals surface area contributed by atoms with Crippen LogP contribution in [0.4, 0.5) is 11.4 Å². The number of nitrogens with one attached hydrogen (secondary N) is 1. The number of para-hydroxylation sites is 2. The molecule has 5 heteroatoms. The molecule has 0 aromatic heterocycles. The summed E-state index contributed by atoms with van der Waals surface area (Å²) >= 11 is 0. The molecule has 84 valence electrons. The number of hydrogen-bond donors (Lipinski definition) is 2. The summed E-state index contributed by atoms with van der Waals surface area (Å²) in [6.45, 7) is 1.95. The molecule has 3 N–H and O–H groups in total. The van der Waals surface area contributed by atoms with Gasteiger partial charge in [-0.1, -0.05) is 25.5 Å². The van der Waals surface area contributed by atoms with Crippen molar-refractivity contribution in [2.75, 3.05) is 16.2 Å². The summed E-state index contributed by atoms with van der Waals surface area (Å²) in [7, 11) is -3.25. The first kappa shape index (κ1) is 11.8. The van der Waals surface area contributed by atoms with Crippen LogP contribution < -0.4 is 10.5 Å². The number of nitrogen functional groups attached to an aromatic ring is 1. The van der Waals surface area contributed by atoms with Crippen molar-refractivity contribution in [2.24, 2.45) is 0 Å². The minimum Gasteiger partial charge on any atom is -0.397 e. The van der Waals surface area contributed by atoms with Crippen LogP contribution in [0.1, 0.15) is 19.8 Å². The molecule has 0 saturated carbocycles. The second-order valence-corrected chi connectivity index (χ2v) is 5.20. The lowest BCUT2D eigenvalue weighted by atomic mass is 10.3. The Kier molecular flexibility index (Phi) is 3.96. The Bertz CT molecular complexity index is 415. The molecule has 0 atom stereocenters. The molecule has 1 aromatic rings. The number of unbranched alkanes of at least 4 members (excludes halogenated alkanes) is 1. The molecular weight excluding hydrogens is 212 g/mol. The highest BCUT2D eigenvalue weighted by molar-refractivity contribution is 7.92. The van der Waals surface area contributed by atoms with E-state index >= 15 is 0 Å². The summed E-state index contributed by atoms with van der Waals surface area (Å²) in [5, 5.41) is 0. The van der Waals surface area contributed by atoms with E-state index in [0.717, 1.165) is 6.42 Å². The zero-order valence-electron chi connectivity index (χ0n) is 8.73. The first-order valence-corrected chi connectivity index (χ1v) is 6.55. The largest absolute Gasteiger partial charge is 0.397 e. The Labute approximate surface area is 90.5 Å². The molecule has 0 amide bonds. The second kappa shape index (κ2) is 5.02. The van der Waals surface area contributed by atoms with Crippen molar-refractivity contribution in [3.63, 3.8) is 0 Å². The van der Waals surface area contributed by atoms with Crippen LogP contribution in [0, 0.1) is 0 Å². The first-order chi connectivity index (χ1) is 7.05. The molecule has 0 bridgehead atoms. The lowest BCUT2D eigenvalue weighted by molar-refractivity contribution is 0.598. The summed E-state index contributed by atoms with van der Waals surface area (Å²) in [6, 6.07) is 6.82. The quantitative estimate of drug-likeness (QED) is 0.755. The van der Waals surface area contributed by atoms with Crippen molar-refractivity contribution in [1.29, 1.82) is 0 Å². The predicted octanol–water partition coefficient (Wildman–Crippen LogP) is 1.81. The van der Waals surface area contributed by atoms with E-state index in [1.54, 1.807) is 24.3 Å². The van der Waals surface area contributed by atoms with E-state index in [1.807, 2.05) is 6.92 Å². The fourth-order valence-electron chi connectivity index (χ4n) is 1.14. The Morgan fingerprint density at radius 3 is 2.60 bits per heavy atom. The molecule has 0 saturated heterocycles. The molecule has 0 radical (unpaired) electrons. The molecule has 0 unspecified atom stereocenters. The number of sulfonamides is 1. The van der Waals surface area contributed by atoms with Crippen LogP contribution in [-0.4, -0.2) is 14.2 Å². The number of benzene rings is 1. The van der Waals surface area contributed by atoms with Gasteiger partial charge >= 0.3 is 0 Å². The Balaban J connectivity index is 2.74. The SMILES string of the molecule is CCCCS(=O)(=O)Nc1ccccc1N. The minimum atomic E-state index is -3.25. The molecule has 1 aromatic carbocycles. The normalized spacial score (nSPS) is 11.3. The zero-order chi connectivity index (χ0) is 11.3. The summed E-state index contributed by atoms with van der Waals surface area (Å²) in [5.74, 6) is 0.137. The van der Waals surface area contributed by atoms with Gasteiger partial charge in [0, 0.05) is 0 Å². The maximum Gasteiger partial charge on any atom is 0.232 e. The van der Waals surface area contributed by atoms with Crippen LogP contribution >= 0.6 is 0 Å². The van der Waals surface area contributed by atoms with E-state index in [9.17, 15) is 8.42 Å². The van der Waals surface area contributed by atoms with Gasteiger partial charge in [0.1, 0.15) is 0 Å².